The zero-order valence-corrected chi connectivity index (χ0v) is 14.3. The maximum atomic E-state index is 15.2. The molecule has 0 bridgehead atoms. The van der Waals surface area contributed by atoms with E-state index in [4.69, 9.17) is 5.26 Å². The number of allylic oxidation sites excluding steroid dienone is 1. The minimum Gasteiger partial charge on any atom is -0.381 e. The van der Waals surface area contributed by atoms with E-state index in [1.165, 1.54) is 0 Å². The van der Waals surface area contributed by atoms with Gasteiger partial charge >= 0.3 is 0 Å². The fourth-order valence-corrected chi connectivity index (χ4v) is 3.15. The fraction of sp³-hybridized carbons (Fsp3) is 0.238. The van der Waals surface area contributed by atoms with Crippen molar-refractivity contribution in [3.63, 3.8) is 0 Å². The van der Waals surface area contributed by atoms with E-state index >= 15 is 4.39 Å². The van der Waals surface area contributed by atoms with Crippen molar-refractivity contribution in [3.05, 3.63) is 64.7 Å². The summed E-state index contributed by atoms with van der Waals surface area (Å²) in [6.45, 7) is 3.65. The first-order valence-electron chi connectivity index (χ1n) is 8.27. The second kappa shape index (κ2) is 6.90. The number of carbonyl (C=O) groups is 1. The third-order valence-corrected chi connectivity index (χ3v) is 4.48. The van der Waals surface area contributed by atoms with Crippen LogP contribution in [0.1, 0.15) is 42.5 Å². The second-order valence-electron chi connectivity index (χ2n) is 6.43. The predicted octanol–water partition coefficient (Wildman–Crippen LogP) is 4.73. The Morgan fingerprint density at radius 1 is 1.24 bits per heavy atom. The van der Waals surface area contributed by atoms with Gasteiger partial charge in [0.1, 0.15) is 11.6 Å². The summed E-state index contributed by atoms with van der Waals surface area (Å²) in [6, 6.07) is 14.3. The van der Waals surface area contributed by atoms with Crippen LogP contribution in [-0.4, -0.2) is 11.8 Å². The number of fused-ring (bicyclic) bond motifs is 1. The minimum atomic E-state index is -0.324. The van der Waals surface area contributed by atoms with Crippen molar-refractivity contribution < 1.29 is 9.18 Å². The Morgan fingerprint density at radius 3 is 2.64 bits per heavy atom. The quantitative estimate of drug-likeness (QED) is 0.808. The molecule has 0 aliphatic carbocycles. The SMILES string of the molecule is C/C(=C(\F)c1cccc2c1N[C@H](C)CC(=O)C2)c1ccc(C#N)cc1. The van der Waals surface area contributed by atoms with Gasteiger partial charge in [0.2, 0.25) is 0 Å². The highest BCUT2D eigenvalue weighted by molar-refractivity contribution is 5.93. The van der Waals surface area contributed by atoms with Crippen molar-refractivity contribution in [1.82, 2.24) is 0 Å². The van der Waals surface area contributed by atoms with Crippen LogP contribution in [0, 0.1) is 11.3 Å². The molecule has 3 nitrogen and oxygen atoms in total. The monoisotopic (exact) mass is 334 g/mol. The van der Waals surface area contributed by atoms with Gasteiger partial charge in [0.15, 0.2) is 0 Å². The molecule has 1 heterocycles. The molecule has 4 heteroatoms. The van der Waals surface area contributed by atoms with Gasteiger partial charge in [-0.25, -0.2) is 4.39 Å². The maximum Gasteiger partial charge on any atom is 0.139 e. The number of carbonyl (C=O) groups excluding carboxylic acids is 1. The topological polar surface area (TPSA) is 52.9 Å². The lowest BCUT2D eigenvalue weighted by molar-refractivity contribution is -0.118. The molecule has 0 radical (unpaired) electrons. The predicted molar refractivity (Wildman–Crippen MR) is 97.6 cm³/mol. The summed E-state index contributed by atoms with van der Waals surface area (Å²) in [6.07, 6.45) is 0.762. The van der Waals surface area contributed by atoms with Crippen molar-refractivity contribution in [1.29, 1.82) is 5.26 Å². The van der Waals surface area contributed by atoms with E-state index in [2.05, 4.69) is 11.4 Å². The highest BCUT2D eigenvalue weighted by Gasteiger charge is 2.22. The van der Waals surface area contributed by atoms with Gasteiger partial charge in [-0.05, 0) is 48.7 Å². The van der Waals surface area contributed by atoms with E-state index in [0.29, 0.717) is 35.2 Å². The zero-order chi connectivity index (χ0) is 18.0. The van der Waals surface area contributed by atoms with Crippen molar-refractivity contribution in [2.24, 2.45) is 0 Å². The lowest BCUT2D eigenvalue weighted by Gasteiger charge is -2.17. The molecule has 2 aromatic carbocycles. The van der Waals surface area contributed by atoms with Gasteiger partial charge in [0.05, 0.1) is 11.6 Å². The van der Waals surface area contributed by atoms with Crippen LogP contribution < -0.4 is 5.32 Å². The molecule has 2 aromatic rings. The van der Waals surface area contributed by atoms with Gasteiger partial charge in [0.25, 0.3) is 0 Å². The summed E-state index contributed by atoms with van der Waals surface area (Å²) in [7, 11) is 0. The van der Waals surface area contributed by atoms with Crippen molar-refractivity contribution >= 4 is 22.9 Å². The largest absolute Gasteiger partial charge is 0.381 e. The molecule has 0 amide bonds. The third-order valence-electron chi connectivity index (χ3n) is 4.48. The lowest BCUT2D eigenvalue weighted by Crippen LogP contribution is -2.17. The van der Waals surface area contributed by atoms with E-state index in [9.17, 15) is 4.79 Å². The number of nitrogens with one attached hydrogen (secondary N) is 1. The van der Waals surface area contributed by atoms with E-state index in [1.54, 1.807) is 43.3 Å². The van der Waals surface area contributed by atoms with Gasteiger partial charge in [0, 0.05) is 30.1 Å². The van der Waals surface area contributed by atoms with Gasteiger partial charge in [-0.15, -0.1) is 0 Å². The first-order valence-corrected chi connectivity index (χ1v) is 8.27. The first kappa shape index (κ1) is 16.9. The standard InChI is InChI=1S/C21H19FN2O/c1-13-10-18(25)11-17-4-3-5-19(21(17)24-13)20(22)14(2)16-8-6-15(12-23)7-9-16/h3-9,13,24H,10-11H2,1-2H3/b20-14+/t13-/m1/s1. The van der Waals surface area contributed by atoms with Crippen LogP contribution in [0.15, 0.2) is 42.5 Å². The molecule has 0 aromatic heterocycles. The van der Waals surface area contributed by atoms with Crippen LogP contribution in [0.25, 0.3) is 11.4 Å². The van der Waals surface area contributed by atoms with Crippen molar-refractivity contribution in [2.75, 3.05) is 5.32 Å². The summed E-state index contributed by atoms with van der Waals surface area (Å²) >= 11 is 0. The number of rotatable bonds is 2. The summed E-state index contributed by atoms with van der Waals surface area (Å²) in [5.74, 6) is -0.167. The fourth-order valence-electron chi connectivity index (χ4n) is 3.15. The van der Waals surface area contributed by atoms with Gasteiger partial charge in [-0.1, -0.05) is 24.3 Å². The van der Waals surface area contributed by atoms with E-state index in [-0.39, 0.29) is 17.7 Å². The summed E-state index contributed by atoms with van der Waals surface area (Å²) < 4.78 is 15.2. The average molecular weight is 334 g/mol. The van der Waals surface area contributed by atoms with Crippen LogP contribution in [0.2, 0.25) is 0 Å². The van der Waals surface area contributed by atoms with Crippen LogP contribution in [0.4, 0.5) is 10.1 Å². The highest BCUT2D eigenvalue weighted by Crippen LogP contribution is 2.35. The molecule has 1 atom stereocenters. The normalized spacial score (nSPS) is 17.7. The minimum absolute atomic E-state index is 0.0297. The second-order valence-corrected chi connectivity index (χ2v) is 6.43. The molecule has 3 rings (SSSR count). The number of benzene rings is 2. The Hall–Kier alpha value is -2.93. The number of nitrogens with zero attached hydrogens (tertiary/aromatic N) is 1. The van der Waals surface area contributed by atoms with Crippen molar-refractivity contribution in [2.45, 2.75) is 32.7 Å². The number of ketones is 1. The number of Topliss-reactive ketones (excluding diaryl/α,β-unsaturated/α-hetero) is 1. The van der Waals surface area contributed by atoms with Crippen LogP contribution in [0.5, 0.6) is 0 Å². The van der Waals surface area contributed by atoms with Crippen molar-refractivity contribution in [3.8, 4) is 6.07 Å². The van der Waals surface area contributed by atoms with E-state index in [1.807, 2.05) is 13.0 Å². The summed E-state index contributed by atoms with van der Waals surface area (Å²) in [4.78, 5) is 12.0. The first-order chi connectivity index (χ1) is 12.0. The van der Waals surface area contributed by atoms with Gasteiger partial charge < -0.3 is 5.32 Å². The van der Waals surface area contributed by atoms with Gasteiger partial charge in [-0.3, -0.25) is 4.79 Å². The molecule has 126 valence electrons. The number of halogens is 1. The Bertz CT molecular complexity index is 891. The Balaban J connectivity index is 2.07. The number of anilines is 1. The lowest BCUT2D eigenvalue weighted by atomic mass is 9.98. The molecule has 1 N–H and O–H groups in total. The molecule has 0 fully saturated rings. The number of hydrogen-bond donors (Lipinski definition) is 1. The Labute approximate surface area is 146 Å². The summed E-state index contributed by atoms with van der Waals surface area (Å²) in [5, 5.41) is 12.2. The molecule has 0 saturated heterocycles. The number of hydrogen-bond acceptors (Lipinski definition) is 3. The van der Waals surface area contributed by atoms with E-state index < -0.39 is 0 Å². The average Bonchev–Trinajstić information content (AvgIpc) is 2.76. The van der Waals surface area contributed by atoms with E-state index in [0.717, 1.165) is 11.1 Å². The number of nitriles is 1. The molecule has 25 heavy (non-hydrogen) atoms. The number of para-hydroxylation sites is 1. The molecular weight excluding hydrogens is 315 g/mol. The third kappa shape index (κ3) is 3.46. The summed E-state index contributed by atoms with van der Waals surface area (Å²) in [5.41, 5.74) is 3.77. The maximum absolute atomic E-state index is 15.2. The molecular formula is C21H19FN2O. The molecule has 0 saturated carbocycles. The molecule has 0 unspecified atom stereocenters. The molecule has 1 aliphatic rings. The Kier molecular flexibility index (Phi) is 4.67. The van der Waals surface area contributed by atoms with Crippen LogP contribution in [0.3, 0.4) is 0 Å². The molecule has 1 aliphatic heterocycles. The highest BCUT2D eigenvalue weighted by atomic mass is 19.1. The van der Waals surface area contributed by atoms with Crippen LogP contribution >= 0.6 is 0 Å². The van der Waals surface area contributed by atoms with Crippen LogP contribution in [-0.2, 0) is 11.2 Å². The van der Waals surface area contributed by atoms with Gasteiger partial charge in [-0.2, -0.15) is 5.26 Å². The molecule has 0 spiro atoms. The smallest absolute Gasteiger partial charge is 0.139 e. The Morgan fingerprint density at radius 2 is 1.96 bits per heavy atom. The zero-order valence-electron chi connectivity index (χ0n) is 14.3.